The van der Waals surface area contributed by atoms with Crippen LogP contribution in [0.5, 0.6) is 0 Å². The monoisotopic (exact) mass is 406 g/mol. The van der Waals surface area contributed by atoms with Gasteiger partial charge in [0.15, 0.2) is 0 Å². The van der Waals surface area contributed by atoms with Gasteiger partial charge in [-0.25, -0.2) is 0 Å². The van der Waals surface area contributed by atoms with E-state index in [0.717, 1.165) is 25.9 Å². The first-order chi connectivity index (χ1) is 14.6. The van der Waals surface area contributed by atoms with Crippen molar-refractivity contribution >= 4 is 22.6 Å². The Hall–Kier alpha value is -2.91. The van der Waals surface area contributed by atoms with Crippen LogP contribution >= 0.6 is 0 Å². The number of fused-ring (bicyclic) bond motifs is 1. The summed E-state index contributed by atoms with van der Waals surface area (Å²) < 4.78 is 0. The maximum atomic E-state index is 12.2. The van der Waals surface area contributed by atoms with E-state index in [9.17, 15) is 9.59 Å². The third-order valence-electron chi connectivity index (χ3n) is 5.85. The zero-order valence-corrected chi connectivity index (χ0v) is 17.6. The molecule has 0 aromatic heterocycles. The first-order valence-electron chi connectivity index (χ1n) is 10.7. The molecule has 1 fully saturated rings. The lowest BCUT2D eigenvalue weighted by atomic mass is 9.96. The second-order valence-corrected chi connectivity index (χ2v) is 7.88. The largest absolute Gasteiger partial charge is 0.355 e. The molecule has 6 heteroatoms. The van der Waals surface area contributed by atoms with Gasteiger partial charge in [0.2, 0.25) is 11.8 Å². The first kappa shape index (κ1) is 21.8. The van der Waals surface area contributed by atoms with Crippen molar-refractivity contribution in [3.05, 3.63) is 48.0 Å². The summed E-state index contributed by atoms with van der Waals surface area (Å²) in [7, 11) is 0. The van der Waals surface area contributed by atoms with Gasteiger partial charge in [-0.2, -0.15) is 5.26 Å². The Morgan fingerprint density at radius 2 is 1.80 bits per heavy atom. The first-order valence-corrected chi connectivity index (χ1v) is 10.7. The summed E-state index contributed by atoms with van der Waals surface area (Å²) in [6.07, 6.45) is 2.46. The van der Waals surface area contributed by atoms with Crippen LogP contribution in [-0.4, -0.2) is 42.4 Å². The topological polar surface area (TPSA) is 85.2 Å². The molecule has 0 aliphatic carbocycles. The number of rotatable bonds is 8. The van der Waals surface area contributed by atoms with Crippen LogP contribution in [0, 0.1) is 11.3 Å². The molecule has 1 saturated heterocycles. The second kappa shape index (κ2) is 10.7. The number of carbonyl (C=O) groups is 2. The third kappa shape index (κ3) is 5.80. The van der Waals surface area contributed by atoms with E-state index >= 15 is 0 Å². The maximum absolute atomic E-state index is 12.2. The Morgan fingerprint density at radius 1 is 1.10 bits per heavy atom. The van der Waals surface area contributed by atoms with E-state index in [-0.39, 0.29) is 37.1 Å². The average Bonchev–Trinajstić information content (AvgIpc) is 2.77. The molecule has 3 rings (SSSR count). The average molecular weight is 407 g/mol. The summed E-state index contributed by atoms with van der Waals surface area (Å²) >= 11 is 0. The molecule has 6 nitrogen and oxygen atoms in total. The maximum Gasteiger partial charge on any atom is 0.220 e. The van der Waals surface area contributed by atoms with Crippen molar-refractivity contribution < 1.29 is 9.59 Å². The van der Waals surface area contributed by atoms with Gasteiger partial charge in [0.1, 0.15) is 0 Å². The Morgan fingerprint density at radius 3 is 2.57 bits per heavy atom. The molecule has 0 saturated carbocycles. The van der Waals surface area contributed by atoms with E-state index in [1.165, 1.54) is 16.3 Å². The number of piperidine rings is 1. The van der Waals surface area contributed by atoms with Gasteiger partial charge in [-0.15, -0.1) is 0 Å². The number of hydrogen-bond donors (Lipinski definition) is 2. The van der Waals surface area contributed by atoms with Crippen molar-refractivity contribution in [2.24, 2.45) is 0 Å². The Labute approximate surface area is 178 Å². The van der Waals surface area contributed by atoms with Gasteiger partial charge in [-0.05, 0) is 36.1 Å². The molecule has 30 heavy (non-hydrogen) atoms. The van der Waals surface area contributed by atoms with Crippen LogP contribution in [-0.2, 0) is 9.59 Å². The third-order valence-corrected chi connectivity index (χ3v) is 5.85. The van der Waals surface area contributed by atoms with Gasteiger partial charge in [-0.1, -0.05) is 42.5 Å². The molecular formula is C24H30N4O2. The lowest BCUT2D eigenvalue weighted by Crippen LogP contribution is -2.45. The highest BCUT2D eigenvalue weighted by Crippen LogP contribution is 2.30. The molecule has 0 spiro atoms. The van der Waals surface area contributed by atoms with E-state index < -0.39 is 0 Å². The van der Waals surface area contributed by atoms with Crippen LogP contribution in [0.2, 0.25) is 0 Å². The SMILES string of the molecule is CC(c1cccc2ccccc12)N1CCC(NC(=O)CCC(=O)NCCC#N)CC1. The predicted molar refractivity (Wildman–Crippen MR) is 118 cm³/mol. The van der Waals surface area contributed by atoms with Gasteiger partial charge in [0.25, 0.3) is 0 Å². The number of likely N-dealkylation sites (tertiary alicyclic amines) is 1. The van der Waals surface area contributed by atoms with Gasteiger partial charge in [-0.3, -0.25) is 14.5 Å². The highest BCUT2D eigenvalue weighted by Gasteiger charge is 2.25. The predicted octanol–water partition coefficient (Wildman–Crippen LogP) is 3.29. The number of hydrogen-bond acceptors (Lipinski definition) is 4. The van der Waals surface area contributed by atoms with E-state index in [1.54, 1.807) is 0 Å². The number of carbonyl (C=O) groups excluding carboxylic acids is 2. The summed E-state index contributed by atoms with van der Waals surface area (Å²) in [6, 6.07) is 17.4. The van der Waals surface area contributed by atoms with E-state index in [1.807, 2.05) is 6.07 Å². The molecule has 1 aliphatic heterocycles. The fourth-order valence-electron chi connectivity index (χ4n) is 4.12. The van der Waals surface area contributed by atoms with Crippen LogP contribution in [0.4, 0.5) is 0 Å². The standard InChI is InChI=1S/C24H30N4O2/c1-18(21-9-4-7-19-6-2-3-8-22(19)21)28-16-12-20(13-17-28)27-24(30)11-10-23(29)26-15-5-14-25/h2-4,6-9,18,20H,5,10-13,15-17H2,1H3,(H,26,29)(H,27,30). The highest BCUT2D eigenvalue weighted by atomic mass is 16.2. The minimum Gasteiger partial charge on any atom is -0.355 e. The summed E-state index contributed by atoms with van der Waals surface area (Å²) in [6.45, 7) is 4.46. The molecule has 1 unspecified atom stereocenters. The van der Waals surface area contributed by atoms with Crippen LogP contribution in [0.3, 0.4) is 0 Å². The lowest BCUT2D eigenvalue weighted by Gasteiger charge is -2.37. The van der Waals surface area contributed by atoms with Gasteiger partial charge >= 0.3 is 0 Å². The summed E-state index contributed by atoms with van der Waals surface area (Å²) in [5.74, 6) is -0.259. The summed E-state index contributed by atoms with van der Waals surface area (Å²) in [5, 5.41) is 16.8. The Kier molecular flexibility index (Phi) is 7.81. The molecule has 1 aliphatic rings. The number of nitrogens with zero attached hydrogens (tertiary/aromatic N) is 2. The molecule has 2 amide bonds. The smallest absolute Gasteiger partial charge is 0.220 e. The molecule has 1 heterocycles. The van der Waals surface area contributed by atoms with E-state index in [4.69, 9.17) is 5.26 Å². The zero-order valence-electron chi connectivity index (χ0n) is 17.6. The normalized spacial score (nSPS) is 16.0. The van der Waals surface area contributed by atoms with Crippen molar-refractivity contribution in [3.63, 3.8) is 0 Å². The minimum atomic E-state index is -0.181. The Bertz CT molecular complexity index is 908. The van der Waals surface area contributed by atoms with Gasteiger partial charge < -0.3 is 10.6 Å². The molecule has 2 aromatic carbocycles. The van der Waals surface area contributed by atoms with Crippen LogP contribution < -0.4 is 10.6 Å². The van der Waals surface area contributed by atoms with Gasteiger partial charge in [0.05, 0.1) is 12.5 Å². The summed E-state index contributed by atoms with van der Waals surface area (Å²) in [5.41, 5.74) is 1.35. The van der Waals surface area contributed by atoms with E-state index in [2.05, 4.69) is 64.9 Å². The molecular weight excluding hydrogens is 376 g/mol. The fourth-order valence-corrected chi connectivity index (χ4v) is 4.12. The van der Waals surface area contributed by atoms with E-state index in [0.29, 0.717) is 12.6 Å². The van der Waals surface area contributed by atoms with Crippen LogP contribution in [0.1, 0.15) is 50.6 Å². The van der Waals surface area contributed by atoms with Crippen molar-refractivity contribution in [2.75, 3.05) is 19.6 Å². The van der Waals surface area contributed by atoms with Crippen LogP contribution in [0.15, 0.2) is 42.5 Å². The molecule has 1 atom stereocenters. The minimum absolute atomic E-state index is 0.0778. The second-order valence-electron chi connectivity index (χ2n) is 7.88. The number of benzene rings is 2. The quantitative estimate of drug-likeness (QED) is 0.659. The van der Waals surface area contributed by atoms with Gasteiger partial charge in [0, 0.05) is 44.6 Å². The molecule has 2 aromatic rings. The fraction of sp³-hybridized carbons (Fsp3) is 0.458. The van der Waals surface area contributed by atoms with Crippen molar-refractivity contribution in [1.29, 1.82) is 5.26 Å². The lowest BCUT2D eigenvalue weighted by molar-refractivity contribution is -0.127. The molecule has 0 radical (unpaired) electrons. The van der Waals surface area contributed by atoms with Crippen molar-refractivity contribution in [3.8, 4) is 6.07 Å². The Balaban J connectivity index is 1.45. The van der Waals surface area contributed by atoms with Crippen molar-refractivity contribution in [1.82, 2.24) is 15.5 Å². The van der Waals surface area contributed by atoms with Crippen molar-refractivity contribution in [2.45, 2.75) is 51.1 Å². The number of nitriles is 1. The molecule has 0 bridgehead atoms. The highest BCUT2D eigenvalue weighted by molar-refractivity contribution is 5.86. The summed E-state index contributed by atoms with van der Waals surface area (Å²) in [4.78, 5) is 26.3. The number of nitrogens with one attached hydrogen (secondary N) is 2. The number of amides is 2. The molecule has 2 N–H and O–H groups in total. The van der Waals surface area contributed by atoms with Crippen LogP contribution in [0.25, 0.3) is 10.8 Å². The molecule has 158 valence electrons. The zero-order chi connectivity index (χ0) is 21.3.